The Bertz CT molecular complexity index is 864. The van der Waals surface area contributed by atoms with Crippen molar-refractivity contribution >= 4 is 5.91 Å². The number of hydrogen-bond donors (Lipinski definition) is 1. The van der Waals surface area contributed by atoms with Crippen molar-refractivity contribution in [2.24, 2.45) is 0 Å². The predicted molar refractivity (Wildman–Crippen MR) is 114 cm³/mol. The van der Waals surface area contributed by atoms with Gasteiger partial charge in [0.1, 0.15) is 5.75 Å². The molecule has 5 nitrogen and oxygen atoms in total. The van der Waals surface area contributed by atoms with Crippen molar-refractivity contribution in [3.05, 3.63) is 53.6 Å². The smallest absolute Gasteiger partial charge is 0.387 e. The van der Waals surface area contributed by atoms with E-state index in [0.29, 0.717) is 13.0 Å². The van der Waals surface area contributed by atoms with Crippen molar-refractivity contribution in [2.45, 2.75) is 50.6 Å². The Labute approximate surface area is 181 Å². The predicted octanol–water partition coefficient (Wildman–Crippen LogP) is 4.87. The highest BCUT2D eigenvalue weighted by molar-refractivity contribution is 5.88. The van der Waals surface area contributed by atoms with Gasteiger partial charge in [-0.05, 0) is 54.7 Å². The van der Waals surface area contributed by atoms with E-state index in [1.807, 2.05) is 24.3 Å². The van der Waals surface area contributed by atoms with E-state index in [1.165, 1.54) is 13.2 Å². The van der Waals surface area contributed by atoms with Gasteiger partial charge in [0.15, 0.2) is 11.5 Å². The van der Waals surface area contributed by atoms with E-state index in [0.717, 1.165) is 49.0 Å². The summed E-state index contributed by atoms with van der Waals surface area (Å²) < 4.78 is 40.1. The lowest BCUT2D eigenvalue weighted by Crippen LogP contribution is -2.46. The van der Waals surface area contributed by atoms with Crippen LogP contribution >= 0.6 is 0 Å². The van der Waals surface area contributed by atoms with Crippen LogP contribution in [0.1, 0.15) is 43.2 Å². The lowest BCUT2D eigenvalue weighted by atomic mass is 9.68. The number of hydrogen-bond acceptors (Lipinski definition) is 4. The Morgan fingerprint density at radius 2 is 1.71 bits per heavy atom. The number of alkyl halides is 2. The Balaban J connectivity index is 1.69. The van der Waals surface area contributed by atoms with Gasteiger partial charge in [-0.2, -0.15) is 8.78 Å². The monoisotopic (exact) mass is 433 g/mol. The number of methoxy groups -OCH3 is 2. The number of rotatable bonds is 9. The summed E-state index contributed by atoms with van der Waals surface area (Å²) >= 11 is 0. The highest BCUT2D eigenvalue weighted by atomic mass is 19.3. The molecule has 1 aliphatic rings. The van der Waals surface area contributed by atoms with Crippen molar-refractivity contribution in [1.82, 2.24) is 5.32 Å². The second-order valence-electron chi connectivity index (χ2n) is 7.74. The largest absolute Gasteiger partial charge is 0.497 e. The number of carbonyl (C=O) groups is 1. The summed E-state index contributed by atoms with van der Waals surface area (Å²) in [5.74, 6) is 1.00. The average molecular weight is 433 g/mol. The third-order valence-electron chi connectivity index (χ3n) is 5.93. The molecule has 2 aromatic rings. The summed E-state index contributed by atoms with van der Waals surface area (Å²) in [6, 6.07) is 12.6. The molecule has 2 aromatic carbocycles. The molecule has 1 fully saturated rings. The van der Waals surface area contributed by atoms with Crippen molar-refractivity contribution < 1.29 is 27.8 Å². The van der Waals surface area contributed by atoms with Crippen molar-refractivity contribution in [1.29, 1.82) is 0 Å². The molecule has 168 valence electrons. The zero-order valence-electron chi connectivity index (χ0n) is 18.0. The first kappa shape index (κ1) is 22.8. The highest BCUT2D eigenvalue weighted by Gasteiger charge is 2.40. The van der Waals surface area contributed by atoms with Crippen LogP contribution in [-0.4, -0.2) is 33.3 Å². The normalized spacial score (nSPS) is 15.4. The standard InChI is InChI=1S/C24H29F2NO4/c1-29-19-9-7-18(8-10-19)24(13-4-3-5-14-24)22(28)27-15-12-17-6-11-20(30-2)21(16-17)31-23(25)26/h6-11,16,23H,3-5,12-15H2,1-2H3,(H,27,28). The highest BCUT2D eigenvalue weighted by Crippen LogP contribution is 2.40. The minimum atomic E-state index is -2.93. The number of nitrogens with one attached hydrogen (secondary N) is 1. The molecular weight excluding hydrogens is 404 g/mol. The maximum Gasteiger partial charge on any atom is 0.387 e. The van der Waals surface area contributed by atoms with Gasteiger partial charge in [-0.1, -0.05) is 37.5 Å². The third-order valence-corrected chi connectivity index (χ3v) is 5.93. The molecule has 0 bridgehead atoms. The van der Waals surface area contributed by atoms with Gasteiger partial charge in [-0.25, -0.2) is 0 Å². The van der Waals surface area contributed by atoms with E-state index in [2.05, 4.69) is 10.1 Å². The van der Waals surface area contributed by atoms with Gasteiger partial charge < -0.3 is 19.5 Å². The molecule has 0 unspecified atom stereocenters. The molecule has 31 heavy (non-hydrogen) atoms. The second-order valence-corrected chi connectivity index (χ2v) is 7.74. The van der Waals surface area contributed by atoms with Crippen LogP contribution in [-0.2, 0) is 16.6 Å². The molecule has 0 saturated heterocycles. The van der Waals surface area contributed by atoms with Crippen LogP contribution in [0.15, 0.2) is 42.5 Å². The van der Waals surface area contributed by atoms with Gasteiger partial charge in [-0.15, -0.1) is 0 Å². The third kappa shape index (κ3) is 5.46. The first-order valence-corrected chi connectivity index (χ1v) is 10.5. The van der Waals surface area contributed by atoms with Gasteiger partial charge in [0, 0.05) is 6.54 Å². The van der Waals surface area contributed by atoms with Gasteiger partial charge in [0.2, 0.25) is 5.91 Å². The molecule has 1 N–H and O–H groups in total. The molecule has 0 atom stereocenters. The van der Waals surface area contributed by atoms with E-state index in [9.17, 15) is 13.6 Å². The quantitative estimate of drug-likeness (QED) is 0.613. The van der Waals surface area contributed by atoms with Gasteiger partial charge in [0.25, 0.3) is 0 Å². The lowest BCUT2D eigenvalue weighted by molar-refractivity contribution is -0.128. The molecule has 0 aromatic heterocycles. The molecule has 7 heteroatoms. The Morgan fingerprint density at radius 3 is 2.32 bits per heavy atom. The van der Waals surface area contributed by atoms with Crippen LogP contribution in [0.25, 0.3) is 0 Å². The summed E-state index contributed by atoms with van der Waals surface area (Å²) in [5, 5.41) is 3.07. The first-order chi connectivity index (χ1) is 15.0. The van der Waals surface area contributed by atoms with Crippen LogP contribution < -0.4 is 19.5 Å². The number of halogens is 2. The van der Waals surface area contributed by atoms with E-state index in [-0.39, 0.29) is 17.4 Å². The Hall–Kier alpha value is -2.83. The number of amides is 1. The summed E-state index contributed by atoms with van der Waals surface area (Å²) in [7, 11) is 3.02. The van der Waals surface area contributed by atoms with Crippen molar-refractivity contribution in [2.75, 3.05) is 20.8 Å². The van der Waals surface area contributed by atoms with Crippen LogP contribution in [0.3, 0.4) is 0 Å². The van der Waals surface area contributed by atoms with Crippen LogP contribution in [0, 0.1) is 0 Å². The van der Waals surface area contributed by atoms with Crippen LogP contribution in [0.5, 0.6) is 17.2 Å². The molecular formula is C24H29F2NO4. The molecule has 0 radical (unpaired) electrons. The molecule has 0 aliphatic heterocycles. The SMILES string of the molecule is COc1ccc(C2(C(=O)NCCc3ccc(OC)c(OC(F)F)c3)CCCCC2)cc1. The van der Waals surface area contributed by atoms with E-state index in [1.54, 1.807) is 19.2 Å². The van der Waals surface area contributed by atoms with Gasteiger partial charge in [-0.3, -0.25) is 4.79 Å². The lowest BCUT2D eigenvalue weighted by Gasteiger charge is -2.36. The van der Waals surface area contributed by atoms with Gasteiger partial charge in [0.05, 0.1) is 19.6 Å². The number of benzene rings is 2. The molecule has 0 spiro atoms. The maximum atomic E-state index is 13.3. The second kappa shape index (κ2) is 10.5. The minimum absolute atomic E-state index is 0.00920. The summed E-state index contributed by atoms with van der Waals surface area (Å²) in [6.07, 6.45) is 5.25. The fraction of sp³-hybridized carbons (Fsp3) is 0.458. The number of carbonyl (C=O) groups excluding carboxylic acids is 1. The molecule has 1 aliphatic carbocycles. The van der Waals surface area contributed by atoms with E-state index >= 15 is 0 Å². The van der Waals surface area contributed by atoms with Crippen molar-refractivity contribution in [3.63, 3.8) is 0 Å². The average Bonchev–Trinajstić information content (AvgIpc) is 2.79. The maximum absolute atomic E-state index is 13.3. The minimum Gasteiger partial charge on any atom is -0.497 e. The van der Waals surface area contributed by atoms with E-state index in [4.69, 9.17) is 9.47 Å². The van der Waals surface area contributed by atoms with Gasteiger partial charge >= 0.3 is 6.61 Å². The van der Waals surface area contributed by atoms with Crippen LogP contribution in [0.2, 0.25) is 0 Å². The molecule has 3 rings (SSSR count). The summed E-state index contributed by atoms with van der Waals surface area (Å²) in [6.45, 7) is -2.53. The van der Waals surface area contributed by atoms with Crippen LogP contribution in [0.4, 0.5) is 8.78 Å². The zero-order valence-corrected chi connectivity index (χ0v) is 18.0. The number of ether oxygens (including phenoxy) is 3. The fourth-order valence-electron chi connectivity index (χ4n) is 4.27. The Morgan fingerprint density at radius 1 is 1.00 bits per heavy atom. The fourth-order valence-corrected chi connectivity index (χ4v) is 4.27. The molecule has 1 amide bonds. The van der Waals surface area contributed by atoms with Crippen molar-refractivity contribution in [3.8, 4) is 17.2 Å². The topological polar surface area (TPSA) is 56.8 Å². The first-order valence-electron chi connectivity index (χ1n) is 10.5. The summed E-state index contributed by atoms with van der Waals surface area (Å²) in [4.78, 5) is 13.3. The Kier molecular flexibility index (Phi) is 7.71. The summed E-state index contributed by atoms with van der Waals surface area (Å²) in [5.41, 5.74) is 1.23. The van der Waals surface area contributed by atoms with E-state index < -0.39 is 12.0 Å². The molecule has 1 saturated carbocycles. The zero-order chi connectivity index (χ0) is 22.3. The molecule has 0 heterocycles.